The van der Waals surface area contributed by atoms with Crippen LogP contribution in [0.3, 0.4) is 0 Å². The lowest BCUT2D eigenvalue weighted by atomic mass is 9.69. The van der Waals surface area contributed by atoms with Gasteiger partial charge in [0.05, 0.1) is 5.41 Å². The maximum absolute atomic E-state index is 11.6. The van der Waals surface area contributed by atoms with Gasteiger partial charge in [-0.15, -0.1) is 0 Å². The first-order valence-electron chi connectivity index (χ1n) is 4.69. The van der Waals surface area contributed by atoms with E-state index in [1.54, 1.807) is 6.92 Å². The number of ketones is 1. The van der Waals surface area contributed by atoms with Gasteiger partial charge < -0.3 is 5.11 Å². The molecule has 0 unspecified atom stereocenters. The maximum atomic E-state index is 11.6. The van der Waals surface area contributed by atoms with Crippen molar-refractivity contribution in [3.8, 4) is 0 Å². The lowest BCUT2D eigenvalue weighted by Crippen LogP contribution is -2.41. The van der Waals surface area contributed by atoms with Crippen LogP contribution in [0.4, 0.5) is 0 Å². The van der Waals surface area contributed by atoms with E-state index in [9.17, 15) is 14.7 Å². The molecule has 0 saturated heterocycles. The maximum Gasteiger partial charge on any atom is 0.310 e. The zero-order valence-electron chi connectivity index (χ0n) is 7.96. The second kappa shape index (κ2) is 2.14. The first-order valence-corrected chi connectivity index (χ1v) is 4.69. The Morgan fingerprint density at radius 2 is 2.15 bits per heavy atom. The van der Waals surface area contributed by atoms with E-state index >= 15 is 0 Å². The lowest BCUT2D eigenvalue weighted by Gasteiger charge is -2.31. The summed E-state index contributed by atoms with van der Waals surface area (Å²) < 4.78 is 0. The van der Waals surface area contributed by atoms with Crippen LogP contribution in [0.1, 0.15) is 33.1 Å². The standard InChI is InChI=1S/C10H14O3/c1-9-4-3-6(5-7(9)11)10(9,2)8(12)13/h6H,3-5H2,1-2H3,(H,12,13)/t6-,9+,10-/m0/s1. The molecular weight excluding hydrogens is 168 g/mol. The van der Waals surface area contributed by atoms with E-state index in [0.717, 1.165) is 12.8 Å². The van der Waals surface area contributed by atoms with Crippen molar-refractivity contribution in [2.75, 3.05) is 0 Å². The minimum Gasteiger partial charge on any atom is -0.481 e. The van der Waals surface area contributed by atoms with Crippen LogP contribution < -0.4 is 0 Å². The quantitative estimate of drug-likeness (QED) is 0.668. The van der Waals surface area contributed by atoms with Crippen LogP contribution in [0.2, 0.25) is 0 Å². The minimum absolute atomic E-state index is 0.0718. The molecule has 3 heteroatoms. The second-order valence-electron chi connectivity index (χ2n) is 4.70. The lowest BCUT2D eigenvalue weighted by molar-refractivity contribution is -0.156. The number of fused-ring (bicyclic) bond motifs is 2. The van der Waals surface area contributed by atoms with Crippen molar-refractivity contribution in [3.05, 3.63) is 0 Å². The van der Waals surface area contributed by atoms with Crippen molar-refractivity contribution in [2.45, 2.75) is 33.1 Å². The van der Waals surface area contributed by atoms with Gasteiger partial charge in [-0.2, -0.15) is 0 Å². The number of carboxylic acids is 1. The van der Waals surface area contributed by atoms with E-state index in [2.05, 4.69) is 0 Å². The Hall–Kier alpha value is -0.860. The Bertz CT molecular complexity index is 297. The molecule has 0 radical (unpaired) electrons. The zero-order valence-corrected chi connectivity index (χ0v) is 7.96. The summed E-state index contributed by atoms with van der Waals surface area (Å²) in [6, 6.07) is 0. The molecule has 2 bridgehead atoms. The fourth-order valence-corrected chi connectivity index (χ4v) is 3.06. The molecule has 0 amide bonds. The molecule has 3 nitrogen and oxygen atoms in total. The number of carbonyl (C=O) groups excluding carboxylic acids is 1. The van der Waals surface area contributed by atoms with Gasteiger partial charge in [-0.1, -0.05) is 6.92 Å². The molecule has 2 fully saturated rings. The van der Waals surface area contributed by atoms with E-state index in [1.807, 2.05) is 6.92 Å². The zero-order chi connectivity index (χ0) is 9.85. The van der Waals surface area contributed by atoms with Crippen molar-refractivity contribution in [1.82, 2.24) is 0 Å². The Kier molecular flexibility index (Phi) is 1.44. The van der Waals surface area contributed by atoms with Crippen molar-refractivity contribution in [3.63, 3.8) is 0 Å². The number of aliphatic carboxylic acids is 1. The first-order chi connectivity index (χ1) is 5.93. The summed E-state index contributed by atoms with van der Waals surface area (Å²) in [6.45, 7) is 3.55. The minimum atomic E-state index is -0.802. The fourth-order valence-electron chi connectivity index (χ4n) is 3.06. The summed E-state index contributed by atoms with van der Waals surface area (Å²) in [5, 5.41) is 9.18. The third kappa shape index (κ3) is 0.713. The van der Waals surface area contributed by atoms with Gasteiger partial charge in [0.2, 0.25) is 0 Å². The molecule has 0 aromatic carbocycles. The molecule has 0 aromatic rings. The molecule has 0 heterocycles. The van der Waals surface area contributed by atoms with Crippen molar-refractivity contribution in [1.29, 1.82) is 0 Å². The van der Waals surface area contributed by atoms with Crippen molar-refractivity contribution in [2.24, 2.45) is 16.7 Å². The summed E-state index contributed by atoms with van der Waals surface area (Å²) in [5.41, 5.74) is -1.40. The topological polar surface area (TPSA) is 54.4 Å². The average Bonchev–Trinajstić information content (AvgIpc) is 2.40. The molecule has 2 rings (SSSR count). The highest BCUT2D eigenvalue weighted by atomic mass is 16.4. The number of hydrogen-bond acceptors (Lipinski definition) is 2. The van der Waals surface area contributed by atoms with Crippen LogP contribution in [0.15, 0.2) is 0 Å². The number of rotatable bonds is 1. The molecule has 3 atom stereocenters. The number of carboxylic acid groups (broad SMARTS) is 1. The highest BCUT2D eigenvalue weighted by Gasteiger charge is 2.67. The number of Topliss-reactive ketones (excluding diaryl/α,β-unsaturated/α-hetero) is 1. The average molecular weight is 182 g/mol. The molecule has 2 aliphatic carbocycles. The molecule has 0 aromatic heterocycles. The molecule has 0 spiro atoms. The monoisotopic (exact) mass is 182 g/mol. The highest BCUT2D eigenvalue weighted by Crippen LogP contribution is 2.63. The van der Waals surface area contributed by atoms with Crippen LogP contribution in [0.5, 0.6) is 0 Å². The highest BCUT2D eigenvalue weighted by molar-refractivity contribution is 5.96. The van der Waals surface area contributed by atoms with Crippen molar-refractivity contribution >= 4 is 11.8 Å². The van der Waals surface area contributed by atoms with Crippen LogP contribution in [0.25, 0.3) is 0 Å². The predicted octanol–water partition coefficient (Wildman–Crippen LogP) is 1.47. The molecular formula is C10H14O3. The largest absolute Gasteiger partial charge is 0.481 e. The number of hydrogen-bond donors (Lipinski definition) is 1. The second-order valence-corrected chi connectivity index (χ2v) is 4.70. The molecule has 13 heavy (non-hydrogen) atoms. The molecule has 72 valence electrons. The summed E-state index contributed by atoms with van der Waals surface area (Å²) in [5.74, 6) is -0.584. The van der Waals surface area contributed by atoms with E-state index in [4.69, 9.17) is 0 Å². The third-order valence-electron chi connectivity index (χ3n) is 4.45. The Morgan fingerprint density at radius 3 is 2.38 bits per heavy atom. The SMILES string of the molecule is C[C@@]12CC[C@@H](CC1=O)[C@@]2(C)C(=O)O. The van der Waals surface area contributed by atoms with E-state index in [-0.39, 0.29) is 11.7 Å². The van der Waals surface area contributed by atoms with Gasteiger partial charge in [0.25, 0.3) is 0 Å². The Morgan fingerprint density at radius 1 is 1.54 bits per heavy atom. The van der Waals surface area contributed by atoms with Gasteiger partial charge in [-0.3, -0.25) is 9.59 Å². The van der Waals surface area contributed by atoms with Gasteiger partial charge in [0, 0.05) is 11.8 Å². The fraction of sp³-hybridized carbons (Fsp3) is 0.800. The van der Waals surface area contributed by atoms with Crippen molar-refractivity contribution < 1.29 is 14.7 Å². The van der Waals surface area contributed by atoms with E-state index in [1.165, 1.54) is 0 Å². The van der Waals surface area contributed by atoms with Gasteiger partial charge in [0.1, 0.15) is 5.78 Å². The first kappa shape index (κ1) is 8.73. The van der Waals surface area contributed by atoms with E-state index < -0.39 is 16.8 Å². The smallest absolute Gasteiger partial charge is 0.310 e. The van der Waals surface area contributed by atoms with Gasteiger partial charge in [-0.05, 0) is 25.7 Å². The number of carbonyl (C=O) groups is 2. The van der Waals surface area contributed by atoms with Crippen LogP contribution in [0, 0.1) is 16.7 Å². The summed E-state index contributed by atoms with van der Waals surface area (Å²) in [6.07, 6.45) is 2.11. The van der Waals surface area contributed by atoms with Crippen LogP contribution in [-0.4, -0.2) is 16.9 Å². The van der Waals surface area contributed by atoms with Crippen LogP contribution >= 0.6 is 0 Å². The van der Waals surface area contributed by atoms with E-state index in [0.29, 0.717) is 6.42 Å². The Labute approximate surface area is 77.1 Å². The van der Waals surface area contributed by atoms with Gasteiger partial charge >= 0.3 is 5.97 Å². The molecule has 2 saturated carbocycles. The summed E-state index contributed by atoms with van der Waals surface area (Å²) in [4.78, 5) is 22.8. The van der Waals surface area contributed by atoms with Crippen LogP contribution in [-0.2, 0) is 9.59 Å². The molecule has 2 aliphatic rings. The third-order valence-corrected chi connectivity index (χ3v) is 4.45. The normalized spacial score (nSPS) is 48.5. The molecule has 1 N–H and O–H groups in total. The Balaban J connectivity index is 2.53. The predicted molar refractivity (Wildman–Crippen MR) is 46.2 cm³/mol. The molecule has 0 aliphatic heterocycles. The van der Waals surface area contributed by atoms with Gasteiger partial charge in [0.15, 0.2) is 0 Å². The summed E-state index contributed by atoms with van der Waals surface area (Å²) in [7, 11) is 0. The van der Waals surface area contributed by atoms with Gasteiger partial charge in [-0.25, -0.2) is 0 Å². The summed E-state index contributed by atoms with van der Waals surface area (Å²) >= 11 is 0.